The lowest BCUT2D eigenvalue weighted by molar-refractivity contribution is -0.339. The third-order valence-electron chi connectivity index (χ3n) is 7.11. The highest BCUT2D eigenvalue weighted by atomic mass is 16.7. The molecule has 0 aromatic carbocycles. The van der Waals surface area contributed by atoms with Crippen LogP contribution in [0.15, 0.2) is 0 Å². The first-order valence-corrected chi connectivity index (χ1v) is 12.1. The summed E-state index contributed by atoms with van der Waals surface area (Å²) in [7, 11) is 1.44. The summed E-state index contributed by atoms with van der Waals surface area (Å²) in [5, 5.41) is 81.0. The largest absolute Gasteiger partial charge is 0.394 e. The van der Waals surface area contributed by atoms with Gasteiger partial charge in [0.25, 0.3) is 0 Å². The minimum atomic E-state index is -1.66. The number of ether oxygens (including phenoxy) is 6. The fraction of sp³-hybridized carbons (Fsp3) is 1.00. The van der Waals surface area contributed by atoms with Crippen molar-refractivity contribution in [3.05, 3.63) is 0 Å². The highest BCUT2D eigenvalue weighted by Crippen LogP contribution is 2.33. The monoisotopic (exact) mass is 528 g/mol. The molecule has 15 atom stereocenters. The number of methoxy groups -OCH3 is 1. The number of rotatable bonds is 9. The van der Waals surface area contributed by atoms with Gasteiger partial charge >= 0.3 is 0 Å². The molecule has 3 heterocycles. The quantitative estimate of drug-likeness (QED) is 0.141. The third-order valence-corrected chi connectivity index (χ3v) is 7.11. The highest BCUT2D eigenvalue weighted by Gasteiger charge is 2.50. The Morgan fingerprint density at radius 1 is 0.611 bits per heavy atom. The van der Waals surface area contributed by atoms with Gasteiger partial charge in [0, 0.05) is 13.0 Å². The molecule has 14 nitrogen and oxygen atoms in total. The fourth-order valence-corrected chi connectivity index (χ4v) is 4.86. The van der Waals surface area contributed by atoms with Crippen molar-refractivity contribution in [1.29, 1.82) is 0 Å². The van der Waals surface area contributed by atoms with Gasteiger partial charge in [0.15, 0.2) is 6.29 Å². The molecule has 3 fully saturated rings. The second-order valence-electron chi connectivity index (χ2n) is 9.68. The Kier molecular flexibility index (Phi) is 10.8. The maximum Gasteiger partial charge on any atom is 0.187 e. The van der Waals surface area contributed by atoms with Gasteiger partial charge in [-0.15, -0.1) is 0 Å². The molecule has 212 valence electrons. The van der Waals surface area contributed by atoms with Crippen molar-refractivity contribution in [2.75, 3.05) is 33.5 Å². The summed E-state index contributed by atoms with van der Waals surface area (Å²) in [5.41, 5.74) is 0. The molecule has 0 aromatic heterocycles. The average molecular weight is 529 g/mol. The van der Waals surface area contributed by atoms with Crippen LogP contribution in [0.5, 0.6) is 0 Å². The summed E-state index contributed by atoms with van der Waals surface area (Å²) in [6, 6.07) is 0. The van der Waals surface area contributed by atoms with Crippen LogP contribution in [-0.4, -0.2) is 160 Å². The third kappa shape index (κ3) is 6.35. The van der Waals surface area contributed by atoms with E-state index in [0.29, 0.717) is 0 Å². The Balaban J connectivity index is 1.72. The van der Waals surface area contributed by atoms with Crippen LogP contribution in [-0.2, 0) is 28.4 Å². The van der Waals surface area contributed by atoms with E-state index in [1.165, 1.54) is 7.11 Å². The zero-order valence-electron chi connectivity index (χ0n) is 20.5. The summed E-state index contributed by atoms with van der Waals surface area (Å²) in [6.07, 6.45) is -16.8. The lowest BCUT2D eigenvalue weighted by atomic mass is 9.86. The van der Waals surface area contributed by atoms with Crippen LogP contribution in [0.1, 0.15) is 13.8 Å². The molecular formula is C22H40O14. The van der Waals surface area contributed by atoms with Gasteiger partial charge in [-0.25, -0.2) is 0 Å². The molecule has 0 saturated carbocycles. The molecule has 0 spiro atoms. The van der Waals surface area contributed by atoms with Crippen molar-refractivity contribution in [3.8, 4) is 0 Å². The first-order chi connectivity index (χ1) is 17.0. The SMILES string of the molecule is COC[C@@H]1OC(C)[C@@H](O)C(COC[C@@H]2OC(C)[C@@H](O)C(O)[C@@H]2O)[C@@H]1O[C@@H]1OC(CO)[C@@H](O)C(O)[C@@H]1O. The molecule has 3 rings (SSSR count). The zero-order chi connectivity index (χ0) is 26.7. The molecule has 14 heteroatoms. The summed E-state index contributed by atoms with van der Waals surface area (Å²) in [4.78, 5) is 0. The van der Waals surface area contributed by atoms with Crippen molar-refractivity contribution >= 4 is 0 Å². The van der Waals surface area contributed by atoms with Gasteiger partial charge in [0.05, 0.1) is 50.8 Å². The van der Waals surface area contributed by atoms with Gasteiger partial charge in [0.2, 0.25) is 0 Å². The van der Waals surface area contributed by atoms with Crippen LogP contribution >= 0.6 is 0 Å². The summed E-state index contributed by atoms with van der Waals surface area (Å²) >= 11 is 0. The summed E-state index contributed by atoms with van der Waals surface area (Å²) in [5.74, 6) is -0.769. The minimum absolute atomic E-state index is 0.0433. The van der Waals surface area contributed by atoms with Gasteiger partial charge in [-0.05, 0) is 13.8 Å². The first kappa shape index (κ1) is 30.0. The molecule has 3 saturated heterocycles. The van der Waals surface area contributed by atoms with Gasteiger partial charge in [-0.2, -0.15) is 0 Å². The van der Waals surface area contributed by atoms with Crippen LogP contribution in [0, 0.1) is 5.92 Å². The molecule has 0 aliphatic carbocycles. The van der Waals surface area contributed by atoms with Crippen LogP contribution in [0.25, 0.3) is 0 Å². The zero-order valence-corrected chi connectivity index (χ0v) is 20.5. The molecule has 0 radical (unpaired) electrons. The number of aliphatic hydroxyl groups excluding tert-OH is 8. The normalized spacial score (nSPS) is 50.2. The molecule has 0 aromatic rings. The molecule has 0 amide bonds. The van der Waals surface area contributed by atoms with Gasteiger partial charge in [-0.3, -0.25) is 0 Å². The van der Waals surface area contributed by atoms with E-state index in [-0.39, 0.29) is 19.8 Å². The Morgan fingerprint density at radius 2 is 1.19 bits per heavy atom. The lowest BCUT2D eigenvalue weighted by Crippen LogP contribution is -2.63. The molecular weight excluding hydrogens is 488 g/mol. The topological polar surface area (TPSA) is 217 Å². The highest BCUT2D eigenvalue weighted by molar-refractivity contribution is 4.95. The van der Waals surface area contributed by atoms with Crippen molar-refractivity contribution in [1.82, 2.24) is 0 Å². The first-order valence-electron chi connectivity index (χ1n) is 12.1. The van der Waals surface area contributed by atoms with Gasteiger partial charge < -0.3 is 69.3 Å². The Morgan fingerprint density at radius 3 is 1.83 bits per heavy atom. The lowest BCUT2D eigenvalue weighted by Gasteiger charge is -2.47. The van der Waals surface area contributed by atoms with E-state index in [1.54, 1.807) is 13.8 Å². The van der Waals surface area contributed by atoms with E-state index < -0.39 is 98.2 Å². The van der Waals surface area contributed by atoms with Gasteiger partial charge in [0.1, 0.15) is 54.9 Å². The van der Waals surface area contributed by atoms with E-state index in [9.17, 15) is 40.9 Å². The van der Waals surface area contributed by atoms with E-state index >= 15 is 0 Å². The summed E-state index contributed by atoms with van der Waals surface area (Å²) < 4.78 is 33.7. The molecule has 36 heavy (non-hydrogen) atoms. The molecule has 8 N–H and O–H groups in total. The van der Waals surface area contributed by atoms with Crippen LogP contribution in [0.2, 0.25) is 0 Å². The maximum atomic E-state index is 10.9. The Hall–Kier alpha value is -0.560. The van der Waals surface area contributed by atoms with E-state index in [1.807, 2.05) is 0 Å². The van der Waals surface area contributed by atoms with Crippen molar-refractivity contribution in [2.45, 2.75) is 99.5 Å². The van der Waals surface area contributed by atoms with Crippen LogP contribution in [0.3, 0.4) is 0 Å². The standard InChI is InChI=1S/C22H40O14/c1-8-14(24)10(5-32-7-12-17(27)18(28)15(25)9(2)33-12)21(13(34-8)6-31-3)36-22-20(30)19(29)16(26)11(4-23)35-22/h8-30H,4-7H2,1-3H3/t8?,9?,10?,11?,12-,13-,14+,15+,16+,17+,18?,19?,20-,21-,22-/m0/s1. The number of aliphatic hydroxyl groups is 8. The fourth-order valence-electron chi connectivity index (χ4n) is 4.86. The predicted octanol–water partition coefficient (Wildman–Crippen LogP) is -4.53. The van der Waals surface area contributed by atoms with Gasteiger partial charge in [-0.1, -0.05) is 0 Å². The Bertz CT molecular complexity index is 669. The Labute approximate surface area is 208 Å². The number of hydrogen-bond acceptors (Lipinski definition) is 14. The second kappa shape index (κ2) is 13.0. The van der Waals surface area contributed by atoms with E-state index in [2.05, 4.69) is 0 Å². The van der Waals surface area contributed by atoms with E-state index in [0.717, 1.165) is 0 Å². The smallest absolute Gasteiger partial charge is 0.187 e. The second-order valence-corrected chi connectivity index (χ2v) is 9.68. The summed E-state index contributed by atoms with van der Waals surface area (Å²) in [6.45, 7) is 2.31. The predicted molar refractivity (Wildman–Crippen MR) is 118 cm³/mol. The average Bonchev–Trinajstić information content (AvgIpc) is 2.85. The van der Waals surface area contributed by atoms with Crippen LogP contribution < -0.4 is 0 Å². The van der Waals surface area contributed by atoms with Crippen molar-refractivity contribution in [2.24, 2.45) is 5.92 Å². The molecule has 6 unspecified atom stereocenters. The van der Waals surface area contributed by atoms with E-state index in [4.69, 9.17) is 28.4 Å². The minimum Gasteiger partial charge on any atom is -0.394 e. The number of hydrogen-bond donors (Lipinski definition) is 8. The van der Waals surface area contributed by atoms with Crippen LogP contribution in [0.4, 0.5) is 0 Å². The maximum absolute atomic E-state index is 10.9. The molecule has 0 bridgehead atoms. The molecule has 3 aliphatic heterocycles. The van der Waals surface area contributed by atoms with Crippen molar-refractivity contribution in [3.63, 3.8) is 0 Å². The molecule has 3 aliphatic rings. The van der Waals surface area contributed by atoms with Crippen molar-refractivity contribution < 1.29 is 69.3 Å².